The van der Waals surface area contributed by atoms with Crippen LogP contribution in [0.15, 0.2) is 179 Å². The lowest BCUT2D eigenvalue weighted by atomic mass is 9.82. The van der Waals surface area contributed by atoms with Crippen LogP contribution in [0.25, 0.3) is 87.6 Å². The molecular formula is C46H28S. The number of hydrogen-bond acceptors (Lipinski definition) is 1. The van der Waals surface area contributed by atoms with Crippen LogP contribution in [0.5, 0.6) is 0 Å². The van der Waals surface area contributed by atoms with Crippen molar-refractivity contribution in [3.05, 3.63) is 170 Å². The average molecular weight is 623 g/mol. The molecule has 9 aromatic carbocycles. The molecule has 0 saturated heterocycles. The van der Waals surface area contributed by atoms with E-state index in [0.717, 1.165) is 48.7 Å². The van der Waals surface area contributed by atoms with E-state index in [1.807, 2.05) is 48.5 Å². The van der Waals surface area contributed by atoms with Gasteiger partial charge in [0.15, 0.2) is 0 Å². The Morgan fingerprint density at radius 3 is 1.77 bits per heavy atom. The summed E-state index contributed by atoms with van der Waals surface area (Å²) in [5, 5.41) is 6.30. The molecule has 0 atom stereocenters. The molecule has 9 aromatic rings. The van der Waals surface area contributed by atoms with Crippen LogP contribution in [-0.4, -0.2) is 0 Å². The van der Waals surface area contributed by atoms with Gasteiger partial charge in [-0.3, -0.25) is 0 Å². The molecule has 1 aliphatic rings. The van der Waals surface area contributed by atoms with Crippen molar-refractivity contribution in [1.82, 2.24) is 0 Å². The van der Waals surface area contributed by atoms with E-state index in [4.69, 9.17) is 11.0 Å². The fourth-order valence-corrected chi connectivity index (χ4v) is 8.49. The molecule has 0 N–H and O–H groups in total. The zero-order valence-electron chi connectivity index (χ0n) is 34.8. The van der Waals surface area contributed by atoms with Crippen molar-refractivity contribution >= 4 is 54.9 Å². The summed E-state index contributed by atoms with van der Waals surface area (Å²) in [5.41, 5.74) is 5.15. The summed E-state index contributed by atoms with van der Waals surface area (Å²) in [6.07, 6.45) is 0. The number of rotatable bonds is 3. The third kappa shape index (κ3) is 3.97. The Bertz CT molecular complexity index is 3220. The standard InChI is InChI=1S/C46H28S/c1-3-13-29(14-4-1)31-20-11-21-34-32(31)25-26-40-44(37-19-8-7-18-36(37)43(46(34)40)30-15-5-2-6-16-30)39-27-28-42-45-35(22-12-23-38(39)45)33-17-9-10-24-41(33)47-42/h1-28H/i1D,2D,3D,4D,5D,6D,13D,14D,15D,16D. The quantitative estimate of drug-likeness (QED) is 0.140. The van der Waals surface area contributed by atoms with Gasteiger partial charge < -0.3 is 0 Å². The Balaban J connectivity index is 1.42. The van der Waals surface area contributed by atoms with Crippen LogP contribution >= 0.6 is 11.8 Å². The van der Waals surface area contributed by atoms with Gasteiger partial charge in [0.05, 0.1) is 13.7 Å². The normalized spacial score (nSPS) is 15.1. The minimum absolute atomic E-state index is 0.0534. The molecule has 0 radical (unpaired) electrons. The van der Waals surface area contributed by atoms with Crippen LogP contribution in [0.4, 0.5) is 0 Å². The third-order valence-corrected chi connectivity index (χ3v) is 10.4. The Labute approximate surface area is 292 Å². The molecule has 0 fully saturated rings. The average Bonchev–Trinajstić information content (AvgIpc) is 3.23. The van der Waals surface area contributed by atoms with E-state index in [1.165, 1.54) is 4.90 Å². The topological polar surface area (TPSA) is 0 Å². The van der Waals surface area contributed by atoms with Gasteiger partial charge in [0.2, 0.25) is 0 Å². The van der Waals surface area contributed by atoms with Gasteiger partial charge in [0.1, 0.15) is 0 Å². The number of hydrogen-bond donors (Lipinski definition) is 0. The van der Waals surface area contributed by atoms with Crippen LogP contribution in [-0.2, 0) is 0 Å². The molecule has 47 heavy (non-hydrogen) atoms. The largest absolute Gasteiger partial charge is 0.0888 e. The lowest BCUT2D eigenvalue weighted by molar-refractivity contribution is 1.40. The van der Waals surface area contributed by atoms with Crippen molar-refractivity contribution in [1.29, 1.82) is 0 Å². The molecule has 10 rings (SSSR count). The van der Waals surface area contributed by atoms with Crippen LogP contribution in [0, 0.1) is 0 Å². The van der Waals surface area contributed by atoms with Crippen LogP contribution < -0.4 is 0 Å². The molecule has 0 nitrogen and oxygen atoms in total. The van der Waals surface area contributed by atoms with Crippen molar-refractivity contribution in [2.45, 2.75) is 9.79 Å². The zero-order valence-corrected chi connectivity index (χ0v) is 25.6. The Kier molecular flexibility index (Phi) is 4.11. The fraction of sp³-hybridized carbons (Fsp3) is 0. The second-order valence-electron chi connectivity index (χ2n) is 11.6. The Morgan fingerprint density at radius 2 is 0.957 bits per heavy atom. The second kappa shape index (κ2) is 10.5. The van der Waals surface area contributed by atoms with Crippen molar-refractivity contribution < 1.29 is 13.7 Å². The zero-order chi connectivity index (χ0) is 39.6. The monoisotopic (exact) mass is 622 g/mol. The number of benzene rings is 9. The third-order valence-electron chi connectivity index (χ3n) is 9.23. The van der Waals surface area contributed by atoms with Crippen molar-refractivity contribution in [3.8, 4) is 44.5 Å². The van der Waals surface area contributed by atoms with Crippen LogP contribution in [0.1, 0.15) is 13.7 Å². The highest BCUT2D eigenvalue weighted by molar-refractivity contribution is 7.99. The first-order chi connectivity index (χ1) is 27.5. The van der Waals surface area contributed by atoms with E-state index in [-0.39, 0.29) is 35.3 Å². The minimum atomic E-state index is -0.490. The predicted octanol–water partition coefficient (Wildman–Crippen LogP) is 13.4. The molecule has 1 heteroatoms. The van der Waals surface area contributed by atoms with Crippen molar-refractivity contribution in [2.24, 2.45) is 0 Å². The highest BCUT2D eigenvalue weighted by Crippen LogP contribution is 2.52. The molecule has 0 amide bonds. The second-order valence-corrected chi connectivity index (χ2v) is 12.7. The molecule has 0 saturated carbocycles. The lowest BCUT2D eigenvalue weighted by Gasteiger charge is -2.24. The van der Waals surface area contributed by atoms with E-state index in [0.29, 0.717) is 32.7 Å². The van der Waals surface area contributed by atoms with E-state index in [9.17, 15) is 2.74 Å². The smallest absolute Gasteiger partial charge is 0.0629 e. The highest BCUT2D eigenvalue weighted by atomic mass is 32.2. The molecule has 1 heterocycles. The van der Waals surface area contributed by atoms with E-state index in [2.05, 4.69) is 48.5 Å². The van der Waals surface area contributed by atoms with Crippen molar-refractivity contribution in [2.75, 3.05) is 0 Å². The number of fused-ring (bicyclic) bond motifs is 6. The maximum atomic E-state index is 9.21. The van der Waals surface area contributed by atoms with Gasteiger partial charge in [-0.05, 0) is 94.3 Å². The molecule has 0 spiro atoms. The first-order valence-electron chi connectivity index (χ1n) is 20.4. The van der Waals surface area contributed by atoms with E-state index in [1.54, 1.807) is 23.9 Å². The maximum Gasteiger partial charge on any atom is 0.0629 e. The van der Waals surface area contributed by atoms with Gasteiger partial charge in [-0.15, -0.1) is 0 Å². The summed E-state index contributed by atoms with van der Waals surface area (Å²) < 4.78 is 87.0. The van der Waals surface area contributed by atoms with Gasteiger partial charge in [-0.25, -0.2) is 0 Å². The van der Waals surface area contributed by atoms with Crippen LogP contribution in [0.2, 0.25) is 0 Å². The molecule has 0 aromatic heterocycles. The summed E-state index contributed by atoms with van der Waals surface area (Å²) >= 11 is 1.74. The first kappa shape index (κ1) is 18.5. The Hall–Kier alpha value is -5.63. The fourth-order valence-electron chi connectivity index (χ4n) is 7.36. The van der Waals surface area contributed by atoms with Gasteiger partial charge in [0.25, 0.3) is 0 Å². The lowest BCUT2D eigenvalue weighted by Crippen LogP contribution is -1.96. The molecule has 0 unspecified atom stereocenters. The SMILES string of the molecule is [2H]c1c([2H])c([2H])c(-c2cccc3c2ccc2c(-c4ccc5c6c(cccc46)-c4ccccc4S5)c4ccccc4c(-c4c([2H])c([2H])c([2H])c([2H])c4[2H])c23)c([2H])c1[2H]. The van der Waals surface area contributed by atoms with Crippen molar-refractivity contribution in [3.63, 3.8) is 0 Å². The van der Waals surface area contributed by atoms with Crippen LogP contribution in [0.3, 0.4) is 0 Å². The van der Waals surface area contributed by atoms with Gasteiger partial charge in [-0.1, -0.05) is 169 Å². The highest BCUT2D eigenvalue weighted by Gasteiger charge is 2.24. The molecule has 0 aliphatic carbocycles. The summed E-state index contributed by atoms with van der Waals surface area (Å²) in [6, 6.07) is 31.9. The summed E-state index contributed by atoms with van der Waals surface area (Å²) in [6.45, 7) is 0. The molecule has 218 valence electrons. The van der Waals surface area contributed by atoms with Gasteiger partial charge in [-0.2, -0.15) is 0 Å². The molecular weight excluding hydrogens is 585 g/mol. The van der Waals surface area contributed by atoms with Gasteiger partial charge in [0, 0.05) is 15.2 Å². The maximum absolute atomic E-state index is 9.21. The molecule has 1 aliphatic heterocycles. The summed E-state index contributed by atoms with van der Waals surface area (Å²) in [4.78, 5) is 2.33. The summed E-state index contributed by atoms with van der Waals surface area (Å²) in [7, 11) is 0. The van der Waals surface area contributed by atoms with Gasteiger partial charge >= 0.3 is 0 Å². The predicted molar refractivity (Wildman–Crippen MR) is 202 cm³/mol. The Morgan fingerprint density at radius 1 is 0.340 bits per heavy atom. The first-order valence-corrected chi connectivity index (χ1v) is 16.2. The summed E-state index contributed by atoms with van der Waals surface area (Å²) in [5.74, 6) is 0. The molecule has 0 bridgehead atoms. The van der Waals surface area contributed by atoms with E-state index >= 15 is 0 Å². The minimum Gasteiger partial charge on any atom is -0.0888 e. The van der Waals surface area contributed by atoms with E-state index < -0.39 is 36.3 Å².